The number of non-ortho nitro benzene ring substituents is 1. The third kappa shape index (κ3) is 6.49. The summed E-state index contributed by atoms with van der Waals surface area (Å²) >= 11 is 0. The fourth-order valence-electron chi connectivity index (χ4n) is 4.85. The lowest BCUT2D eigenvalue weighted by atomic mass is 9.90. The van der Waals surface area contributed by atoms with Gasteiger partial charge in [-0.3, -0.25) is 24.8 Å². The number of nitro benzene ring substituents is 1. The summed E-state index contributed by atoms with van der Waals surface area (Å²) in [4.78, 5) is 31.5. The number of hydrogen-bond acceptors (Lipinski definition) is 5. The first-order valence-corrected chi connectivity index (χ1v) is 12.8. The fourth-order valence-corrected chi connectivity index (χ4v) is 4.85. The van der Waals surface area contributed by atoms with E-state index in [1.807, 2.05) is 42.5 Å². The Morgan fingerprint density at radius 3 is 2.22 bits per heavy atom. The molecule has 1 N–H and O–H groups in total. The maximum Gasteiger partial charge on any atom is 0.269 e. The van der Waals surface area contributed by atoms with E-state index >= 15 is 0 Å². The number of fused-ring (bicyclic) bond motifs is 1. The molecule has 1 aliphatic heterocycles. The van der Waals surface area contributed by atoms with Crippen molar-refractivity contribution >= 4 is 28.7 Å². The third-order valence-corrected chi connectivity index (χ3v) is 6.26. The highest BCUT2D eigenvalue weighted by Gasteiger charge is 2.36. The predicted molar refractivity (Wildman–Crippen MR) is 149 cm³/mol. The molecule has 1 amide bonds. The molecule has 3 aromatic carbocycles. The Balaban J connectivity index is 1.68. The number of nitrogens with zero attached hydrogens (tertiary/aromatic N) is 3. The van der Waals surface area contributed by atoms with Crippen LogP contribution in [0.2, 0.25) is 0 Å². The molecule has 1 atom stereocenters. The Hall–Kier alpha value is -3.84. The minimum Gasteiger partial charge on any atom is -0.325 e. The van der Waals surface area contributed by atoms with E-state index in [1.165, 1.54) is 17.7 Å². The molecule has 4 rings (SSSR count). The zero-order valence-corrected chi connectivity index (χ0v) is 21.8. The molecule has 0 spiro atoms. The second-order valence-electron chi connectivity index (χ2n) is 10.5. The van der Waals surface area contributed by atoms with E-state index in [1.54, 1.807) is 6.07 Å². The van der Waals surface area contributed by atoms with Gasteiger partial charge in [-0.25, -0.2) is 0 Å². The van der Waals surface area contributed by atoms with Gasteiger partial charge in [-0.1, -0.05) is 70.2 Å². The third-order valence-electron chi connectivity index (χ3n) is 6.26. The van der Waals surface area contributed by atoms with Gasteiger partial charge in [-0.2, -0.15) is 0 Å². The molecule has 0 radical (unpaired) electrons. The number of aliphatic imine (C=N–C) groups is 1. The Labute approximate surface area is 218 Å². The first kappa shape index (κ1) is 26.2. The van der Waals surface area contributed by atoms with Crippen molar-refractivity contribution in [1.82, 2.24) is 4.90 Å². The number of benzene rings is 3. The summed E-state index contributed by atoms with van der Waals surface area (Å²) in [5.74, 6) is 0.192. The smallest absolute Gasteiger partial charge is 0.269 e. The standard InChI is InChI=1S/C30H34N4O3/c1-20(2)17-33(18-21(3)4)19-22-10-12-24(13-11-22)31-29(23-8-6-5-7-9-23)28-26-16-25(34(36)37)14-15-27(26)32-30(28)35/h5-16,20-21,28H,17-19H2,1-4H3,(H,32,35). The first-order chi connectivity index (χ1) is 17.7. The summed E-state index contributed by atoms with van der Waals surface area (Å²) < 4.78 is 0. The average Bonchev–Trinajstić information content (AvgIpc) is 3.18. The molecule has 0 saturated carbocycles. The van der Waals surface area contributed by atoms with Crippen molar-refractivity contribution in [3.8, 4) is 0 Å². The summed E-state index contributed by atoms with van der Waals surface area (Å²) in [6.07, 6.45) is 0. The van der Waals surface area contributed by atoms with Crippen LogP contribution in [0.3, 0.4) is 0 Å². The van der Waals surface area contributed by atoms with Crippen molar-refractivity contribution < 1.29 is 9.72 Å². The van der Waals surface area contributed by atoms with Crippen LogP contribution >= 0.6 is 0 Å². The first-order valence-electron chi connectivity index (χ1n) is 12.8. The maximum absolute atomic E-state index is 13.1. The van der Waals surface area contributed by atoms with Gasteiger partial charge in [0.1, 0.15) is 5.92 Å². The topological polar surface area (TPSA) is 87.8 Å². The molecule has 3 aromatic rings. The van der Waals surface area contributed by atoms with Crippen LogP contribution in [0.5, 0.6) is 0 Å². The molecule has 1 aliphatic rings. The van der Waals surface area contributed by atoms with Gasteiger partial charge in [-0.05, 0) is 41.2 Å². The highest BCUT2D eigenvalue weighted by Crippen LogP contribution is 2.38. The van der Waals surface area contributed by atoms with Crippen molar-refractivity contribution in [2.45, 2.75) is 40.2 Å². The monoisotopic (exact) mass is 498 g/mol. The van der Waals surface area contributed by atoms with Crippen molar-refractivity contribution in [1.29, 1.82) is 0 Å². The summed E-state index contributed by atoms with van der Waals surface area (Å²) in [6, 6.07) is 22.1. The van der Waals surface area contributed by atoms with E-state index in [9.17, 15) is 14.9 Å². The van der Waals surface area contributed by atoms with Crippen LogP contribution in [0.1, 0.15) is 50.3 Å². The average molecular weight is 499 g/mol. The molecule has 0 saturated heterocycles. The quantitative estimate of drug-likeness (QED) is 0.195. The van der Waals surface area contributed by atoms with Crippen molar-refractivity contribution in [2.24, 2.45) is 16.8 Å². The van der Waals surface area contributed by atoms with Crippen molar-refractivity contribution in [3.05, 3.63) is 99.6 Å². The zero-order valence-electron chi connectivity index (χ0n) is 21.8. The molecule has 37 heavy (non-hydrogen) atoms. The van der Waals surface area contributed by atoms with Gasteiger partial charge < -0.3 is 5.32 Å². The van der Waals surface area contributed by atoms with Crippen LogP contribution in [0.15, 0.2) is 77.8 Å². The van der Waals surface area contributed by atoms with E-state index in [-0.39, 0.29) is 11.6 Å². The van der Waals surface area contributed by atoms with Gasteiger partial charge in [0.2, 0.25) is 5.91 Å². The molecule has 7 nitrogen and oxygen atoms in total. The van der Waals surface area contributed by atoms with Crippen molar-refractivity contribution in [3.63, 3.8) is 0 Å². The van der Waals surface area contributed by atoms with Gasteiger partial charge in [-0.15, -0.1) is 0 Å². The minimum atomic E-state index is -0.746. The summed E-state index contributed by atoms with van der Waals surface area (Å²) in [7, 11) is 0. The highest BCUT2D eigenvalue weighted by atomic mass is 16.6. The molecule has 1 heterocycles. The number of anilines is 1. The van der Waals surface area contributed by atoms with Crippen LogP contribution in [0, 0.1) is 22.0 Å². The maximum atomic E-state index is 13.1. The van der Waals surface area contributed by atoms with Crippen LogP contribution in [-0.4, -0.2) is 34.5 Å². The number of nitro groups is 1. The lowest BCUT2D eigenvalue weighted by Crippen LogP contribution is -2.30. The Morgan fingerprint density at radius 2 is 1.62 bits per heavy atom. The zero-order chi connectivity index (χ0) is 26.5. The predicted octanol–water partition coefficient (Wildman–Crippen LogP) is 6.57. The number of carbonyl (C=O) groups excluding carboxylic acids is 1. The molecule has 0 fully saturated rings. The lowest BCUT2D eigenvalue weighted by Gasteiger charge is -2.26. The summed E-state index contributed by atoms with van der Waals surface area (Å²) in [5, 5.41) is 14.3. The second kappa shape index (κ2) is 11.5. The van der Waals surface area contributed by atoms with Gasteiger partial charge in [0.15, 0.2) is 0 Å². The van der Waals surface area contributed by atoms with E-state index in [4.69, 9.17) is 4.99 Å². The molecule has 7 heteroatoms. The van der Waals surface area contributed by atoms with Crippen LogP contribution in [-0.2, 0) is 11.3 Å². The normalized spacial score (nSPS) is 15.4. The fraction of sp³-hybridized carbons (Fsp3) is 0.333. The molecule has 0 aromatic heterocycles. The van der Waals surface area contributed by atoms with Crippen LogP contribution in [0.4, 0.5) is 17.1 Å². The number of nitrogens with one attached hydrogen (secondary N) is 1. The Kier molecular flexibility index (Phi) is 8.14. The van der Waals surface area contributed by atoms with E-state index < -0.39 is 10.8 Å². The number of hydrogen-bond donors (Lipinski definition) is 1. The van der Waals surface area contributed by atoms with E-state index in [2.05, 4.69) is 50.0 Å². The van der Waals surface area contributed by atoms with Gasteiger partial charge in [0, 0.05) is 43.0 Å². The molecule has 0 aliphatic carbocycles. The molecule has 0 bridgehead atoms. The molecule has 1 unspecified atom stereocenters. The van der Waals surface area contributed by atoms with E-state index in [0.29, 0.717) is 28.8 Å². The lowest BCUT2D eigenvalue weighted by molar-refractivity contribution is -0.384. The SMILES string of the molecule is CC(C)CN(Cc1ccc(N=C(c2ccccc2)C2C(=O)Nc3ccc([N+](=O)[O-])cc32)cc1)CC(C)C. The van der Waals surface area contributed by atoms with Crippen LogP contribution < -0.4 is 5.32 Å². The van der Waals surface area contributed by atoms with Crippen molar-refractivity contribution in [2.75, 3.05) is 18.4 Å². The highest BCUT2D eigenvalue weighted by molar-refractivity contribution is 6.24. The molecule has 192 valence electrons. The summed E-state index contributed by atoms with van der Waals surface area (Å²) in [6.45, 7) is 11.9. The van der Waals surface area contributed by atoms with Gasteiger partial charge >= 0.3 is 0 Å². The number of rotatable bonds is 10. The van der Waals surface area contributed by atoms with E-state index in [0.717, 1.165) is 30.9 Å². The summed E-state index contributed by atoms with van der Waals surface area (Å²) in [5.41, 5.74) is 4.39. The Morgan fingerprint density at radius 1 is 0.973 bits per heavy atom. The number of carbonyl (C=O) groups is 1. The largest absolute Gasteiger partial charge is 0.325 e. The molecular formula is C30H34N4O3. The molecular weight excluding hydrogens is 464 g/mol. The minimum absolute atomic E-state index is 0.0515. The Bertz CT molecular complexity index is 1270. The van der Waals surface area contributed by atoms with Gasteiger partial charge in [0.25, 0.3) is 5.69 Å². The van der Waals surface area contributed by atoms with Crippen LogP contribution in [0.25, 0.3) is 0 Å². The number of amides is 1. The second-order valence-corrected chi connectivity index (χ2v) is 10.5. The van der Waals surface area contributed by atoms with Gasteiger partial charge in [0.05, 0.1) is 16.3 Å².